The minimum Gasteiger partial charge on any atom is -0.468 e. The van der Waals surface area contributed by atoms with Crippen LogP contribution in [0.1, 0.15) is 28.4 Å². The van der Waals surface area contributed by atoms with Gasteiger partial charge in [0, 0.05) is 4.47 Å². The number of carbonyl (C=O) groups is 2. The zero-order valence-corrected chi connectivity index (χ0v) is 22.3. The molecule has 4 aromatic rings. The van der Waals surface area contributed by atoms with Gasteiger partial charge in [-0.3, -0.25) is 14.5 Å². The van der Waals surface area contributed by atoms with Crippen molar-refractivity contribution in [3.63, 3.8) is 0 Å². The molecule has 3 atom stereocenters. The van der Waals surface area contributed by atoms with Gasteiger partial charge in [0.15, 0.2) is 5.78 Å². The molecule has 0 saturated carbocycles. The van der Waals surface area contributed by atoms with Crippen molar-refractivity contribution in [1.29, 1.82) is 0 Å². The summed E-state index contributed by atoms with van der Waals surface area (Å²) in [6, 6.07) is 32.4. The second-order valence-corrected chi connectivity index (χ2v) is 10.7. The summed E-state index contributed by atoms with van der Waals surface area (Å²) in [4.78, 5) is 29.4. The standard InChI is InChI=1S/C32H26BrNO4/c1-38-31(37)29-28(30(36)20-15-17-22(33)18-16-20)27(35)19-34(29)32(21-9-3-2-4-10-21)25-13-7-5-11-23(25)24-12-6-8-14-26(24)32/h2-18,28-30,36H,19H2,1H3/t28-,29-,30-/m0/s1. The molecule has 190 valence electrons. The molecule has 1 aliphatic heterocycles. The van der Waals surface area contributed by atoms with Gasteiger partial charge in [-0.1, -0.05) is 107 Å². The van der Waals surface area contributed by atoms with Gasteiger partial charge in [-0.05, 0) is 45.5 Å². The van der Waals surface area contributed by atoms with Crippen LogP contribution in [0.4, 0.5) is 0 Å². The number of aliphatic hydroxyl groups excluding tert-OH is 1. The summed E-state index contributed by atoms with van der Waals surface area (Å²) in [6.45, 7) is -0.0183. The number of carbonyl (C=O) groups excluding carboxylic acids is 2. The van der Waals surface area contributed by atoms with Gasteiger partial charge in [-0.15, -0.1) is 0 Å². The number of halogens is 1. The molecule has 38 heavy (non-hydrogen) atoms. The number of rotatable bonds is 5. The second kappa shape index (κ2) is 9.62. The number of hydrogen-bond acceptors (Lipinski definition) is 5. The average Bonchev–Trinajstić information content (AvgIpc) is 3.46. The highest BCUT2D eigenvalue weighted by atomic mass is 79.9. The largest absolute Gasteiger partial charge is 0.468 e. The zero-order chi connectivity index (χ0) is 26.4. The van der Waals surface area contributed by atoms with E-state index in [9.17, 15) is 14.7 Å². The first-order valence-electron chi connectivity index (χ1n) is 12.5. The maximum atomic E-state index is 13.8. The molecule has 4 aromatic carbocycles. The number of fused-ring (bicyclic) bond motifs is 3. The lowest BCUT2D eigenvalue weighted by Gasteiger charge is -2.44. The Labute approximate surface area is 229 Å². The Morgan fingerprint density at radius 3 is 2.03 bits per heavy atom. The van der Waals surface area contributed by atoms with E-state index in [1.165, 1.54) is 7.11 Å². The molecular formula is C32H26BrNO4. The fourth-order valence-corrected chi connectivity index (χ4v) is 6.62. The van der Waals surface area contributed by atoms with Gasteiger partial charge in [-0.2, -0.15) is 0 Å². The van der Waals surface area contributed by atoms with Crippen LogP contribution >= 0.6 is 15.9 Å². The van der Waals surface area contributed by atoms with Crippen LogP contribution in [0.5, 0.6) is 0 Å². The van der Waals surface area contributed by atoms with Crippen LogP contribution in [0.15, 0.2) is 108 Å². The highest BCUT2D eigenvalue weighted by molar-refractivity contribution is 9.10. The Morgan fingerprint density at radius 1 is 0.895 bits per heavy atom. The van der Waals surface area contributed by atoms with Gasteiger partial charge in [0.05, 0.1) is 31.2 Å². The van der Waals surface area contributed by atoms with Gasteiger partial charge in [0.1, 0.15) is 6.04 Å². The van der Waals surface area contributed by atoms with E-state index in [1.54, 1.807) is 12.1 Å². The average molecular weight is 568 g/mol. The molecule has 1 N–H and O–H groups in total. The van der Waals surface area contributed by atoms with E-state index in [0.717, 1.165) is 32.3 Å². The number of Topliss-reactive ketones (excluding diaryl/α,β-unsaturated/α-hetero) is 1. The van der Waals surface area contributed by atoms with Gasteiger partial charge in [-0.25, -0.2) is 0 Å². The fourth-order valence-electron chi connectivity index (χ4n) is 6.36. The van der Waals surface area contributed by atoms with Crippen molar-refractivity contribution in [3.8, 4) is 11.1 Å². The third-order valence-corrected chi connectivity index (χ3v) is 8.44. The molecule has 6 rings (SSSR count). The molecule has 0 spiro atoms. The monoisotopic (exact) mass is 567 g/mol. The number of methoxy groups -OCH3 is 1. The second-order valence-electron chi connectivity index (χ2n) is 9.75. The summed E-state index contributed by atoms with van der Waals surface area (Å²) in [5, 5.41) is 11.5. The lowest BCUT2D eigenvalue weighted by Crippen LogP contribution is -2.54. The fraction of sp³-hybridized carbons (Fsp3) is 0.188. The van der Waals surface area contributed by atoms with Crippen LogP contribution < -0.4 is 0 Å². The molecule has 2 aliphatic rings. The van der Waals surface area contributed by atoms with Crippen molar-refractivity contribution < 1.29 is 19.4 Å². The van der Waals surface area contributed by atoms with E-state index in [1.807, 2.05) is 71.6 Å². The zero-order valence-electron chi connectivity index (χ0n) is 20.8. The predicted octanol–water partition coefficient (Wildman–Crippen LogP) is 5.50. The lowest BCUT2D eigenvalue weighted by atomic mass is 9.78. The molecule has 0 aromatic heterocycles. The number of esters is 1. The first kappa shape index (κ1) is 24.7. The highest BCUT2D eigenvalue weighted by Crippen LogP contribution is 2.56. The molecule has 5 nitrogen and oxygen atoms in total. The van der Waals surface area contributed by atoms with Crippen molar-refractivity contribution >= 4 is 27.7 Å². The molecule has 1 heterocycles. The van der Waals surface area contributed by atoms with Crippen molar-refractivity contribution in [2.45, 2.75) is 17.7 Å². The summed E-state index contributed by atoms with van der Waals surface area (Å²) in [6.07, 6.45) is -1.18. The molecule has 0 radical (unpaired) electrons. The summed E-state index contributed by atoms with van der Waals surface area (Å²) in [5.41, 5.74) is 4.68. The quantitative estimate of drug-likeness (QED) is 0.323. The molecule has 0 bridgehead atoms. The minimum absolute atomic E-state index is 0.0183. The van der Waals surface area contributed by atoms with Crippen molar-refractivity contribution in [1.82, 2.24) is 4.90 Å². The number of nitrogens with zero attached hydrogens (tertiary/aromatic N) is 1. The van der Waals surface area contributed by atoms with E-state index >= 15 is 0 Å². The van der Waals surface area contributed by atoms with Crippen molar-refractivity contribution in [2.24, 2.45) is 5.92 Å². The van der Waals surface area contributed by atoms with E-state index in [-0.39, 0.29) is 12.3 Å². The van der Waals surface area contributed by atoms with Crippen LogP contribution in [0.3, 0.4) is 0 Å². The van der Waals surface area contributed by atoms with Gasteiger partial charge in [0.2, 0.25) is 0 Å². The molecule has 1 fully saturated rings. The molecule has 0 unspecified atom stereocenters. The molecule has 0 amide bonds. The van der Waals surface area contributed by atoms with Gasteiger partial charge < -0.3 is 9.84 Å². The number of ketones is 1. The molecule has 1 saturated heterocycles. The van der Waals surface area contributed by atoms with Crippen LogP contribution in [0, 0.1) is 5.92 Å². The third-order valence-electron chi connectivity index (χ3n) is 7.91. The Kier molecular flexibility index (Phi) is 6.26. The molecular weight excluding hydrogens is 542 g/mol. The number of benzene rings is 4. The van der Waals surface area contributed by atoms with E-state index in [4.69, 9.17) is 4.74 Å². The number of hydrogen-bond donors (Lipinski definition) is 1. The normalized spacial score (nSPS) is 20.6. The first-order valence-corrected chi connectivity index (χ1v) is 13.3. The van der Waals surface area contributed by atoms with E-state index in [0.29, 0.717) is 5.56 Å². The SMILES string of the molecule is COC(=O)[C@@H]1[C@@H]([C@@H](O)c2ccc(Br)cc2)C(=O)CN1C1(c2ccccc2)c2ccccc2-c2ccccc21. The van der Waals surface area contributed by atoms with Crippen LogP contribution in [-0.4, -0.2) is 41.5 Å². The summed E-state index contributed by atoms with van der Waals surface area (Å²) in [5.74, 6) is -1.74. The Hall–Kier alpha value is -3.58. The van der Waals surface area contributed by atoms with E-state index in [2.05, 4.69) is 40.2 Å². The van der Waals surface area contributed by atoms with Crippen LogP contribution in [0.25, 0.3) is 11.1 Å². The number of ether oxygens (including phenoxy) is 1. The van der Waals surface area contributed by atoms with E-state index < -0.39 is 29.6 Å². The van der Waals surface area contributed by atoms with Crippen LogP contribution in [0.2, 0.25) is 0 Å². The number of aliphatic hydroxyl groups is 1. The van der Waals surface area contributed by atoms with Gasteiger partial charge in [0.25, 0.3) is 0 Å². The third kappa shape index (κ3) is 3.59. The van der Waals surface area contributed by atoms with Crippen molar-refractivity contribution in [3.05, 3.63) is 130 Å². The first-order chi connectivity index (χ1) is 18.5. The Balaban J connectivity index is 1.61. The van der Waals surface area contributed by atoms with Crippen molar-refractivity contribution in [2.75, 3.05) is 13.7 Å². The maximum Gasteiger partial charge on any atom is 0.324 e. The predicted molar refractivity (Wildman–Crippen MR) is 148 cm³/mol. The molecule has 6 heteroatoms. The smallest absolute Gasteiger partial charge is 0.324 e. The summed E-state index contributed by atoms with van der Waals surface area (Å²) >= 11 is 3.42. The van der Waals surface area contributed by atoms with Gasteiger partial charge >= 0.3 is 5.97 Å². The number of likely N-dealkylation sites (tertiary alicyclic amines) is 1. The van der Waals surface area contributed by atoms with Crippen LogP contribution in [-0.2, 0) is 19.9 Å². The Morgan fingerprint density at radius 2 is 1.45 bits per heavy atom. The summed E-state index contributed by atoms with van der Waals surface area (Å²) < 4.78 is 6.17. The maximum absolute atomic E-state index is 13.8. The lowest BCUT2D eigenvalue weighted by molar-refractivity contribution is -0.151. The topological polar surface area (TPSA) is 66.8 Å². The minimum atomic E-state index is -1.18. The summed E-state index contributed by atoms with van der Waals surface area (Å²) in [7, 11) is 1.33. The molecule has 1 aliphatic carbocycles. The Bertz CT molecular complexity index is 1470. The highest BCUT2D eigenvalue weighted by Gasteiger charge is 2.60.